The molecule has 5 nitrogen and oxygen atoms in total. The fourth-order valence-corrected chi connectivity index (χ4v) is 1.76. The minimum atomic E-state index is -0.420. The third-order valence-corrected chi connectivity index (χ3v) is 2.89. The highest BCUT2D eigenvalue weighted by Gasteiger charge is 2.05. The molecule has 2 aromatic rings. The number of hydrogen-bond donors (Lipinski definition) is 1. The van der Waals surface area contributed by atoms with Crippen LogP contribution in [-0.4, -0.2) is 26.3 Å². The Morgan fingerprint density at radius 3 is 2.41 bits per heavy atom. The van der Waals surface area contributed by atoms with Gasteiger partial charge in [0.1, 0.15) is 5.82 Å². The lowest BCUT2D eigenvalue weighted by Gasteiger charge is -2.07. The molecular weight excluding hydrogens is 287 g/mol. The van der Waals surface area contributed by atoms with Crippen LogP contribution in [-0.2, 0) is 0 Å². The van der Waals surface area contributed by atoms with Gasteiger partial charge >= 0.3 is 0 Å². The van der Waals surface area contributed by atoms with E-state index in [1.54, 1.807) is 25.3 Å². The predicted molar refractivity (Wildman–Crippen MR) is 81.0 cm³/mol. The Hall–Kier alpha value is -2.89. The van der Waals surface area contributed by atoms with Crippen LogP contribution >= 0.6 is 0 Å². The number of ether oxygens (including phenoxy) is 2. The molecule has 0 atom stereocenters. The molecular formula is C16H15FN2O3. The quantitative estimate of drug-likeness (QED) is 0.682. The number of halogens is 1. The zero-order valence-electron chi connectivity index (χ0n) is 12.2. The second-order valence-corrected chi connectivity index (χ2v) is 4.32. The maximum atomic E-state index is 12.8. The highest BCUT2D eigenvalue weighted by atomic mass is 19.1. The van der Waals surface area contributed by atoms with Crippen LogP contribution in [0.15, 0.2) is 47.6 Å². The van der Waals surface area contributed by atoms with Crippen molar-refractivity contribution in [2.75, 3.05) is 14.2 Å². The third-order valence-electron chi connectivity index (χ3n) is 2.89. The fourth-order valence-electron chi connectivity index (χ4n) is 1.76. The number of benzene rings is 2. The van der Waals surface area contributed by atoms with E-state index in [2.05, 4.69) is 10.5 Å². The summed E-state index contributed by atoms with van der Waals surface area (Å²) < 4.78 is 23.1. The Labute approximate surface area is 127 Å². The van der Waals surface area contributed by atoms with Crippen LogP contribution in [0.5, 0.6) is 11.5 Å². The summed E-state index contributed by atoms with van der Waals surface area (Å²) in [5, 5.41) is 3.86. The number of nitrogens with zero attached hydrogens (tertiary/aromatic N) is 1. The third kappa shape index (κ3) is 3.82. The number of hydrogen-bond acceptors (Lipinski definition) is 4. The van der Waals surface area contributed by atoms with E-state index in [-0.39, 0.29) is 0 Å². The van der Waals surface area contributed by atoms with Gasteiger partial charge < -0.3 is 9.47 Å². The Bertz CT molecular complexity index is 684. The lowest BCUT2D eigenvalue weighted by Crippen LogP contribution is -2.17. The van der Waals surface area contributed by atoms with Crippen LogP contribution in [0, 0.1) is 5.82 Å². The molecule has 6 heteroatoms. The van der Waals surface area contributed by atoms with E-state index in [1.165, 1.54) is 37.6 Å². The Balaban J connectivity index is 2.03. The van der Waals surface area contributed by atoms with E-state index in [1.807, 2.05) is 0 Å². The number of nitrogens with one attached hydrogen (secondary N) is 1. The van der Waals surface area contributed by atoms with E-state index in [0.717, 1.165) is 5.56 Å². The molecule has 0 aliphatic carbocycles. The molecule has 22 heavy (non-hydrogen) atoms. The van der Waals surface area contributed by atoms with Crippen LogP contribution in [0.1, 0.15) is 15.9 Å². The molecule has 0 fully saturated rings. The smallest absolute Gasteiger partial charge is 0.271 e. The topological polar surface area (TPSA) is 59.9 Å². The molecule has 0 heterocycles. The van der Waals surface area contributed by atoms with Crippen LogP contribution in [0.25, 0.3) is 0 Å². The summed E-state index contributed by atoms with van der Waals surface area (Å²) in [6.07, 6.45) is 1.48. The molecule has 1 amide bonds. The molecule has 0 aliphatic rings. The summed E-state index contributed by atoms with van der Waals surface area (Å²) >= 11 is 0. The first-order chi connectivity index (χ1) is 10.6. The van der Waals surface area contributed by atoms with Gasteiger partial charge in [0.05, 0.1) is 20.4 Å². The van der Waals surface area contributed by atoms with E-state index < -0.39 is 11.7 Å². The number of hydrazone groups is 1. The Kier molecular flexibility index (Phi) is 5.08. The fraction of sp³-hybridized carbons (Fsp3) is 0.125. The molecule has 0 aromatic heterocycles. The van der Waals surface area contributed by atoms with Gasteiger partial charge in [0.2, 0.25) is 0 Å². The van der Waals surface area contributed by atoms with Crippen molar-refractivity contribution in [3.05, 3.63) is 59.4 Å². The first-order valence-corrected chi connectivity index (χ1v) is 6.45. The maximum absolute atomic E-state index is 12.8. The molecule has 0 unspecified atom stereocenters. The van der Waals surface area contributed by atoms with Crippen molar-refractivity contribution in [2.45, 2.75) is 0 Å². The number of carbonyl (C=O) groups excluding carboxylic acids is 1. The highest BCUT2D eigenvalue weighted by Crippen LogP contribution is 2.26. The average molecular weight is 302 g/mol. The van der Waals surface area contributed by atoms with E-state index in [0.29, 0.717) is 17.1 Å². The lowest BCUT2D eigenvalue weighted by molar-refractivity contribution is 0.0955. The summed E-state index contributed by atoms with van der Waals surface area (Å²) in [5.41, 5.74) is 3.43. The van der Waals surface area contributed by atoms with Crippen molar-refractivity contribution in [2.24, 2.45) is 5.10 Å². The van der Waals surface area contributed by atoms with Crippen LogP contribution in [0.4, 0.5) is 4.39 Å². The van der Waals surface area contributed by atoms with Gasteiger partial charge in [0.25, 0.3) is 5.91 Å². The van der Waals surface area contributed by atoms with Crippen molar-refractivity contribution in [3.8, 4) is 11.5 Å². The van der Waals surface area contributed by atoms with E-state index >= 15 is 0 Å². The monoisotopic (exact) mass is 302 g/mol. The first kappa shape index (κ1) is 15.5. The number of amides is 1. The second-order valence-electron chi connectivity index (χ2n) is 4.32. The summed E-state index contributed by atoms with van der Waals surface area (Å²) in [6.45, 7) is 0. The minimum absolute atomic E-state index is 0.325. The largest absolute Gasteiger partial charge is 0.493 e. The summed E-state index contributed by atoms with van der Waals surface area (Å²) in [6, 6.07) is 10.4. The zero-order chi connectivity index (χ0) is 15.9. The predicted octanol–water partition coefficient (Wildman–Crippen LogP) is 2.61. The van der Waals surface area contributed by atoms with Gasteiger partial charge in [0, 0.05) is 5.56 Å². The standard InChI is InChI=1S/C16H15FN2O3/c1-21-14-8-3-11(9-15(14)22-2)10-18-19-16(20)12-4-6-13(17)7-5-12/h3-10H,1-2H3,(H,19,20). The number of methoxy groups -OCH3 is 2. The SMILES string of the molecule is COc1ccc(C=NNC(=O)c2ccc(F)cc2)cc1OC. The van der Waals surface area contributed by atoms with Crippen molar-refractivity contribution in [1.82, 2.24) is 5.43 Å². The van der Waals surface area contributed by atoms with Crippen LogP contribution < -0.4 is 14.9 Å². The van der Waals surface area contributed by atoms with Crippen molar-refractivity contribution in [3.63, 3.8) is 0 Å². The normalized spacial score (nSPS) is 10.5. The van der Waals surface area contributed by atoms with Crippen LogP contribution in [0.2, 0.25) is 0 Å². The van der Waals surface area contributed by atoms with Gasteiger partial charge in [-0.1, -0.05) is 0 Å². The average Bonchev–Trinajstić information content (AvgIpc) is 2.55. The molecule has 0 saturated carbocycles. The number of rotatable bonds is 5. The molecule has 0 saturated heterocycles. The first-order valence-electron chi connectivity index (χ1n) is 6.45. The van der Waals surface area contributed by atoms with E-state index in [4.69, 9.17) is 9.47 Å². The molecule has 0 radical (unpaired) electrons. The van der Waals surface area contributed by atoms with Gasteiger partial charge in [-0.25, -0.2) is 9.82 Å². The van der Waals surface area contributed by atoms with Gasteiger partial charge in [-0.15, -0.1) is 0 Å². The van der Waals surface area contributed by atoms with E-state index in [9.17, 15) is 9.18 Å². The van der Waals surface area contributed by atoms with Crippen LogP contribution in [0.3, 0.4) is 0 Å². The van der Waals surface area contributed by atoms with Crippen molar-refractivity contribution >= 4 is 12.1 Å². The molecule has 0 bridgehead atoms. The molecule has 114 valence electrons. The summed E-state index contributed by atoms with van der Waals surface area (Å²) in [4.78, 5) is 11.8. The Morgan fingerprint density at radius 2 is 1.77 bits per heavy atom. The summed E-state index contributed by atoms with van der Waals surface area (Å²) in [7, 11) is 3.09. The van der Waals surface area contributed by atoms with Crippen molar-refractivity contribution < 1.29 is 18.7 Å². The molecule has 0 aliphatic heterocycles. The van der Waals surface area contributed by atoms with Gasteiger partial charge in [-0.05, 0) is 48.0 Å². The molecule has 1 N–H and O–H groups in total. The summed E-state index contributed by atoms with van der Waals surface area (Å²) in [5.74, 6) is 0.355. The second kappa shape index (κ2) is 7.21. The van der Waals surface area contributed by atoms with Crippen molar-refractivity contribution in [1.29, 1.82) is 0 Å². The lowest BCUT2D eigenvalue weighted by atomic mass is 10.2. The number of carbonyl (C=O) groups is 1. The molecule has 2 aromatic carbocycles. The van der Waals surface area contributed by atoms with Gasteiger partial charge in [-0.3, -0.25) is 4.79 Å². The highest BCUT2D eigenvalue weighted by molar-refractivity contribution is 5.94. The zero-order valence-corrected chi connectivity index (χ0v) is 12.2. The van der Waals surface area contributed by atoms with Gasteiger partial charge in [-0.2, -0.15) is 5.10 Å². The molecule has 2 rings (SSSR count). The minimum Gasteiger partial charge on any atom is -0.493 e. The van der Waals surface area contributed by atoms with Gasteiger partial charge in [0.15, 0.2) is 11.5 Å². The maximum Gasteiger partial charge on any atom is 0.271 e. The molecule has 0 spiro atoms. The Morgan fingerprint density at radius 1 is 1.09 bits per heavy atom.